The zero-order chi connectivity index (χ0) is 30.1. The van der Waals surface area contributed by atoms with Gasteiger partial charge < -0.3 is 28.4 Å². The van der Waals surface area contributed by atoms with Crippen molar-refractivity contribution in [3.63, 3.8) is 0 Å². The van der Waals surface area contributed by atoms with E-state index in [1.807, 2.05) is 0 Å². The predicted molar refractivity (Wildman–Crippen MR) is 162 cm³/mol. The Kier molecular flexibility index (Phi) is 10.9. The Morgan fingerprint density at radius 3 is 1.33 bits per heavy atom. The summed E-state index contributed by atoms with van der Waals surface area (Å²) in [4.78, 5) is 13.0. The lowest BCUT2D eigenvalue weighted by molar-refractivity contribution is 0.103. The van der Waals surface area contributed by atoms with Crippen LogP contribution in [-0.4, -0.2) is 41.3 Å². The molecule has 7 heteroatoms. The molecule has 0 fully saturated rings. The van der Waals surface area contributed by atoms with Crippen LogP contribution in [-0.2, 0) is 45.4 Å². The van der Waals surface area contributed by atoms with Crippen LogP contribution >= 0.6 is 0 Å². The minimum absolute atomic E-state index is 0.0764. The smallest absolute Gasteiger partial charge is 0.193 e. The molecule has 0 unspecified atom stereocenters. The highest BCUT2D eigenvalue weighted by molar-refractivity contribution is 6.09. The average molecular weight is 571 g/mol. The van der Waals surface area contributed by atoms with Crippen molar-refractivity contribution in [3.8, 4) is 28.4 Å². The minimum Gasteiger partial charge on any atom is -0.497 e. The van der Waals surface area contributed by atoms with Gasteiger partial charge in [-0.3, -0.25) is 4.79 Å². The van der Waals surface area contributed by atoms with Crippen LogP contribution in [0.4, 0.5) is 0 Å². The van der Waals surface area contributed by atoms with E-state index in [1.165, 1.54) is 0 Å². The molecule has 0 bridgehead atoms. The van der Waals surface area contributed by atoms with Gasteiger partial charge in [0.2, 0.25) is 0 Å². The highest BCUT2D eigenvalue weighted by atomic mass is 16.5. The molecule has 42 heavy (non-hydrogen) atoms. The molecule has 4 aromatic carbocycles. The lowest BCUT2D eigenvalue weighted by atomic mass is 9.93. The first-order valence-corrected chi connectivity index (χ1v) is 13.6. The number of ether oxygens (including phenoxy) is 6. The second-order valence-electron chi connectivity index (χ2n) is 9.96. The largest absolute Gasteiger partial charge is 0.497 e. The lowest BCUT2D eigenvalue weighted by Gasteiger charge is -2.19. The first-order valence-electron chi connectivity index (χ1n) is 13.6. The molecule has 0 saturated carbocycles. The standard InChI is InChI=1S/C35H38O7/c1-23-28(19-37-2)15-26(16-29(23)20-38-3)27-17-30(21-39-4)35(31(18-27)22-40-5)42-33-13-9-25(10-14-33)34(36)24-7-11-32(41-6)12-8-24/h7-18H,19-22H2,1-6H3. The molecule has 0 heterocycles. The predicted octanol–water partition coefficient (Wildman–Crippen LogP) is 7.28. The average Bonchev–Trinajstić information content (AvgIpc) is 3.01. The normalized spacial score (nSPS) is 11.0. The zero-order valence-corrected chi connectivity index (χ0v) is 25.1. The summed E-state index contributed by atoms with van der Waals surface area (Å²) in [6, 6.07) is 22.7. The highest BCUT2D eigenvalue weighted by Crippen LogP contribution is 2.37. The molecule has 0 N–H and O–H groups in total. The SMILES string of the molecule is COCc1cc(-c2cc(COC)c(Oc3ccc(C(=O)c4ccc(OC)cc4)cc3)c(COC)c2)cc(COC)c1C. The molecule has 0 aromatic heterocycles. The fourth-order valence-electron chi connectivity index (χ4n) is 4.90. The van der Waals surface area contributed by atoms with E-state index >= 15 is 0 Å². The third kappa shape index (κ3) is 7.24. The quantitative estimate of drug-likeness (QED) is 0.148. The summed E-state index contributed by atoms with van der Waals surface area (Å²) in [5.74, 6) is 1.89. The van der Waals surface area contributed by atoms with Crippen LogP contribution in [0.2, 0.25) is 0 Å². The Morgan fingerprint density at radius 1 is 0.548 bits per heavy atom. The van der Waals surface area contributed by atoms with Gasteiger partial charge in [0.15, 0.2) is 5.78 Å². The Bertz CT molecular complexity index is 1440. The third-order valence-corrected chi connectivity index (χ3v) is 7.09. The summed E-state index contributed by atoms with van der Waals surface area (Å²) < 4.78 is 33.7. The first kappa shape index (κ1) is 30.9. The van der Waals surface area contributed by atoms with Gasteiger partial charge in [-0.25, -0.2) is 0 Å². The number of rotatable bonds is 14. The van der Waals surface area contributed by atoms with Gasteiger partial charge in [0.05, 0.1) is 33.5 Å². The van der Waals surface area contributed by atoms with Gasteiger partial charge in [-0.2, -0.15) is 0 Å². The molecule has 0 saturated heterocycles. The summed E-state index contributed by atoms with van der Waals surface area (Å²) in [7, 11) is 8.31. The molecule has 0 aliphatic carbocycles. The van der Waals surface area contributed by atoms with E-state index in [0.717, 1.165) is 38.9 Å². The monoisotopic (exact) mass is 570 g/mol. The summed E-state index contributed by atoms with van der Waals surface area (Å²) in [6.45, 7) is 3.78. The summed E-state index contributed by atoms with van der Waals surface area (Å²) >= 11 is 0. The number of hydrogen-bond acceptors (Lipinski definition) is 7. The van der Waals surface area contributed by atoms with Gasteiger partial charge in [-0.05, 0) is 108 Å². The maximum Gasteiger partial charge on any atom is 0.193 e. The van der Waals surface area contributed by atoms with Crippen molar-refractivity contribution in [1.82, 2.24) is 0 Å². The van der Waals surface area contributed by atoms with Crippen LogP contribution in [0.1, 0.15) is 43.7 Å². The molecular weight excluding hydrogens is 532 g/mol. The molecule has 4 aromatic rings. The topological polar surface area (TPSA) is 72.5 Å². The van der Waals surface area contributed by atoms with Crippen LogP contribution in [0.3, 0.4) is 0 Å². The van der Waals surface area contributed by atoms with E-state index in [4.69, 9.17) is 28.4 Å². The van der Waals surface area contributed by atoms with Crippen LogP contribution in [0.5, 0.6) is 17.2 Å². The Morgan fingerprint density at radius 2 is 0.929 bits per heavy atom. The molecule has 0 atom stereocenters. The fourth-order valence-corrected chi connectivity index (χ4v) is 4.90. The molecule has 0 radical (unpaired) electrons. The van der Waals surface area contributed by atoms with Gasteiger partial charge in [-0.15, -0.1) is 0 Å². The number of methoxy groups -OCH3 is 5. The van der Waals surface area contributed by atoms with Crippen molar-refractivity contribution in [2.24, 2.45) is 0 Å². The van der Waals surface area contributed by atoms with Crippen molar-refractivity contribution < 1.29 is 33.2 Å². The van der Waals surface area contributed by atoms with Crippen molar-refractivity contribution in [2.75, 3.05) is 35.5 Å². The van der Waals surface area contributed by atoms with Crippen LogP contribution in [0.15, 0.2) is 72.8 Å². The fraction of sp³-hybridized carbons (Fsp3) is 0.286. The second-order valence-corrected chi connectivity index (χ2v) is 9.96. The molecule has 0 amide bonds. The summed E-state index contributed by atoms with van der Waals surface area (Å²) in [5, 5.41) is 0. The Labute approximate surface area is 247 Å². The van der Waals surface area contributed by atoms with Crippen molar-refractivity contribution in [2.45, 2.75) is 33.4 Å². The molecule has 7 nitrogen and oxygen atoms in total. The van der Waals surface area contributed by atoms with E-state index in [-0.39, 0.29) is 5.78 Å². The van der Waals surface area contributed by atoms with E-state index in [1.54, 1.807) is 84.1 Å². The van der Waals surface area contributed by atoms with Gasteiger partial charge in [0.1, 0.15) is 17.2 Å². The van der Waals surface area contributed by atoms with E-state index in [2.05, 4.69) is 31.2 Å². The molecule has 0 aliphatic heterocycles. The number of hydrogen-bond donors (Lipinski definition) is 0. The van der Waals surface area contributed by atoms with Crippen LogP contribution in [0, 0.1) is 6.92 Å². The Balaban J connectivity index is 1.69. The first-order chi connectivity index (χ1) is 20.4. The van der Waals surface area contributed by atoms with Crippen LogP contribution < -0.4 is 9.47 Å². The molecule has 0 spiro atoms. The number of ketones is 1. The maximum atomic E-state index is 13.0. The Hall–Kier alpha value is -4.01. The number of benzene rings is 4. The van der Waals surface area contributed by atoms with E-state index in [9.17, 15) is 4.79 Å². The van der Waals surface area contributed by atoms with Gasteiger partial charge in [-0.1, -0.05) is 0 Å². The van der Waals surface area contributed by atoms with E-state index in [0.29, 0.717) is 54.8 Å². The lowest BCUT2D eigenvalue weighted by Crippen LogP contribution is -2.04. The summed E-state index contributed by atoms with van der Waals surface area (Å²) in [6.07, 6.45) is 0. The number of carbonyl (C=O) groups excluding carboxylic acids is 1. The number of carbonyl (C=O) groups is 1. The van der Waals surface area contributed by atoms with Crippen molar-refractivity contribution in [1.29, 1.82) is 0 Å². The van der Waals surface area contributed by atoms with Gasteiger partial charge >= 0.3 is 0 Å². The van der Waals surface area contributed by atoms with E-state index < -0.39 is 0 Å². The van der Waals surface area contributed by atoms with Crippen molar-refractivity contribution >= 4 is 5.78 Å². The second kappa shape index (κ2) is 14.8. The van der Waals surface area contributed by atoms with Gasteiger partial charge in [0.25, 0.3) is 0 Å². The highest BCUT2D eigenvalue weighted by Gasteiger charge is 2.17. The molecule has 4 rings (SSSR count). The summed E-state index contributed by atoms with van der Waals surface area (Å²) in [5.41, 5.74) is 8.33. The van der Waals surface area contributed by atoms with Crippen LogP contribution in [0.25, 0.3) is 11.1 Å². The van der Waals surface area contributed by atoms with Crippen molar-refractivity contribution in [3.05, 3.63) is 112 Å². The molecular formula is C35H38O7. The van der Waals surface area contributed by atoms with Gasteiger partial charge in [0, 0.05) is 50.7 Å². The molecule has 220 valence electrons. The third-order valence-electron chi connectivity index (χ3n) is 7.09. The minimum atomic E-state index is -0.0764. The zero-order valence-electron chi connectivity index (χ0n) is 25.1. The molecule has 0 aliphatic rings. The maximum absolute atomic E-state index is 13.0.